The van der Waals surface area contributed by atoms with Crippen molar-refractivity contribution in [1.82, 2.24) is 10.2 Å². The smallest absolute Gasteiger partial charge is 0.253 e. The molecular weight excluding hydrogens is 481 g/mol. The zero-order valence-electron chi connectivity index (χ0n) is 18.8. The Morgan fingerprint density at radius 2 is 1.79 bits per heavy atom. The summed E-state index contributed by atoms with van der Waals surface area (Å²) in [4.78, 5) is 26.8. The average molecular weight is 510 g/mol. The van der Waals surface area contributed by atoms with E-state index in [9.17, 15) is 9.59 Å². The number of anilines is 1. The zero-order chi connectivity index (χ0) is 24.2. The van der Waals surface area contributed by atoms with Crippen molar-refractivity contribution in [2.75, 3.05) is 25.0 Å². The summed E-state index contributed by atoms with van der Waals surface area (Å²) < 4.78 is 5.58. The molecule has 178 valence electrons. The number of halogens is 2. The molecular formula is C24H29Cl2N3O3S. The molecule has 0 saturated heterocycles. The molecule has 0 spiro atoms. The van der Waals surface area contributed by atoms with Crippen molar-refractivity contribution >= 4 is 58.0 Å². The van der Waals surface area contributed by atoms with E-state index in [-0.39, 0.29) is 23.3 Å². The van der Waals surface area contributed by atoms with Crippen molar-refractivity contribution < 1.29 is 14.3 Å². The number of carbonyl (C=O) groups is 2. The summed E-state index contributed by atoms with van der Waals surface area (Å²) in [5.41, 5.74) is 1.22. The minimum Gasteiger partial charge on any atom is -0.492 e. The number of benzene rings is 2. The molecule has 2 aromatic rings. The lowest BCUT2D eigenvalue weighted by Gasteiger charge is -2.21. The van der Waals surface area contributed by atoms with Gasteiger partial charge in [0.05, 0.1) is 11.6 Å². The van der Waals surface area contributed by atoms with Crippen molar-refractivity contribution in [1.29, 1.82) is 0 Å². The van der Waals surface area contributed by atoms with Crippen LogP contribution in [0.1, 0.15) is 49.9 Å². The van der Waals surface area contributed by atoms with Crippen LogP contribution in [0.25, 0.3) is 0 Å². The van der Waals surface area contributed by atoms with E-state index in [2.05, 4.69) is 10.6 Å². The summed E-state index contributed by atoms with van der Waals surface area (Å²) in [6.45, 7) is 5.85. The molecule has 2 amide bonds. The van der Waals surface area contributed by atoms with E-state index in [1.54, 1.807) is 42.5 Å². The molecule has 2 N–H and O–H groups in total. The topological polar surface area (TPSA) is 70.7 Å². The van der Waals surface area contributed by atoms with Gasteiger partial charge in [0.2, 0.25) is 5.91 Å². The molecule has 0 aliphatic carbocycles. The Morgan fingerprint density at radius 3 is 2.45 bits per heavy atom. The van der Waals surface area contributed by atoms with Gasteiger partial charge < -0.3 is 20.3 Å². The van der Waals surface area contributed by atoms with Gasteiger partial charge in [0.25, 0.3) is 5.91 Å². The first-order chi connectivity index (χ1) is 15.8. The summed E-state index contributed by atoms with van der Waals surface area (Å²) >= 11 is 17.2. The number of carbonyl (C=O) groups excluding carboxylic acids is 2. The van der Waals surface area contributed by atoms with Crippen LogP contribution in [0.5, 0.6) is 5.75 Å². The van der Waals surface area contributed by atoms with Gasteiger partial charge in [-0.1, -0.05) is 43.1 Å². The highest BCUT2D eigenvalue weighted by Crippen LogP contribution is 2.27. The molecule has 0 saturated carbocycles. The number of thiocarbonyl (C=S) groups is 1. The van der Waals surface area contributed by atoms with E-state index in [4.69, 9.17) is 40.2 Å². The maximum absolute atomic E-state index is 12.8. The predicted octanol–water partition coefficient (Wildman–Crippen LogP) is 5.93. The van der Waals surface area contributed by atoms with Crippen molar-refractivity contribution in [3.63, 3.8) is 0 Å². The highest BCUT2D eigenvalue weighted by atomic mass is 35.5. The third-order valence-corrected chi connectivity index (χ3v) is 5.33. The lowest BCUT2D eigenvalue weighted by atomic mass is 10.1. The number of hydrogen-bond acceptors (Lipinski definition) is 4. The van der Waals surface area contributed by atoms with Gasteiger partial charge in [-0.25, -0.2) is 0 Å². The second-order valence-corrected chi connectivity index (χ2v) is 8.65. The monoisotopic (exact) mass is 509 g/mol. The fourth-order valence-corrected chi connectivity index (χ4v) is 3.82. The van der Waals surface area contributed by atoms with Crippen LogP contribution < -0.4 is 15.4 Å². The van der Waals surface area contributed by atoms with Crippen LogP contribution in [0.3, 0.4) is 0 Å². The molecule has 0 aliphatic rings. The molecule has 9 heteroatoms. The van der Waals surface area contributed by atoms with Gasteiger partial charge >= 0.3 is 0 Å². The van der Waals surface area contributed by atoms with Gasteiger partial charge in [0, 0.05) is 35.8 Å². The summed E-state index contributed by atoms with van der Waals surface area (Å²) in [7, 11) is 0. The van der Waals surface area contributed by atoms with Crippen LogP contribution in [-0.2, 0) is 4.79 Å². The van der Waals surface area contributed by atoms with Crippen molar-refractivity contribution in [2.24, 2.45) is 0 Å². The molecule has 0 aromatic heterocycles. The third-order valence-electron chi connectivity index (χ3n) is 4.59. The Labute approximate surface area is 210 Å². The Hall–Kier alpha value is -2.35. The van der Waals surface area contributed by atoms with Gasteiger partial charge in [-0.05, 0) is 67.9 Å². The van der Waals surface area contributed by atoms with E-state index >= 15 is 0 Å². The number of nitrogens with zero attached hydrogens (tertiary/aromatic N) is 1. The minimum absolute atomic E-state index is 0.0157. The summed E-state index contributed by atoms with van der Waals surface area (Å²) in [5, 5.41) is 6.74. The van der Waals surface area contributed by atoms with Crippen LogP contribution in [0.4, 0.5) is 5.69 Å². The predicted molar refractivity (Wildman–Crippen MR) is 138 cm³/mol. The maximum atomic E-state index is 12.8. The first-order valence-corrected chi connectivity index (χ1v) is 12.1. The van der Waals surface area contributed by atoms with Crippen LogP contribution in [-0.4, -0.2) is 41.5 Å². The molecule has 0 bridgehead atoms. The van der Waals surface area contributed by atoms with Crippen molar-refractivity contribution in [3.05, 3.63) is 58.1 Å². The van der Waals surface area contributed by atoms with E-state index in [1.165, 1.54) is 0 Å². The van der Waals surface area contributed by atoms with Crippen molar-refractivity contribution in [3.8, 4) is 5.75 Å². The number of nitrogens with one attached hydrogen (secondary N) is 2. The molecule has 33 heavy (non-hydrogen) atoms. The molecule has 0 fully saturated rings. The SMILES string of the molecule is CCCN(CCC)C(=O)c1cccc(NC(=S)NC(=O)CCCOc2ccc(Cl)cc2Cl)c1. The summed E-state index contributed by atoms with van der Waals surface area (Å²) in [6, 6.07) is 12.1. The summed E-state index contributed by atoms with van der Waals surface area (Å²) in [5.74, 6) is 0.269. The fourth-order valence-electron chi connectivity index (χ4n) is 3.13. The zero-order valence-corrected chi connectivity index (χ0v) is 21.2. The largest absolute Gasteiger partial charge is 0.492 e. The molecule has 0 radical (unpaired) electrons. The second kappa shape index (κ2) is 14.0. The molecule has 0 unspecified atom stereocenters. The molecule has 0 heterocycles. The normalized spacial score (nSPS) is 10.4. The Bertz CT molecular complexity index is 966. The molecule has 0 aliphatic heterocycles. The molecule has 2 aromatic carbocycles. The molecule has 2 rings (SSSR count). The van der Waals surface area contributed by atoms with E-state index in [1.807, 2.05) is 18.7 Å². The van der Waals surface area contributed by atoms with Gasteiger partial charge in [0.15, 0.2) is 5.11 Å². The second-order valence-electron chi connectivity index (χ2n) is 7.40. The van der Waals surface area contributed by atoms with Crippen LogP contribution in [0.2, 0.25) is 10.0 Å². The standard InChI is InChI=1S/C24H29Cl2N3O3S/c1-3-12-29(13-4-2)23(31)17-7-5-8-19(15-17)27-24(33)28-22(30)9-6-14-32-21-11-10-18(25)16-20(21)26/h5,7-8,10-11,15-16H,3-4,6,9,12-14H2,1-2H3,(H2,27,28,30,33). The summed E-state index contributed by atoms with van der Waals surface area (Å²) in [6.07, 6.45) is 2.52. The number of hydrogen-bond donors (Lipinski definition) is 2. The Morgan fingerprint density at radius 1 is 1.06 bits per heavy atom. The van der Waals surface area contributed by atoms with Gasteiger partial charge in [-0.2, -0.15) is 0 Å². The van der Waals surface area contributed by atoms with Gasteiger partial charge in [-0.3, -0.25) is 9.59 Å². The number of amides is 2. The lowest BCUT2D eigenvalue weighted by Crippen LogP contribution is -2.34. The Kier molecular flexibility index (Phi) is 11.4. The molecule has 6 nitrogen and oxygen atoms in total. The van der Waals surface area contributed by atoms with Crippen LogP contribution in [0.15, 0.2) is 42.5 Å². The third kappa shape index (κ3) is 9.20. The van der Waals surface area contributed by atoms with Crippen LogP contribution in [0, 0.1) is 0 Å². The maximum Gasteiger partial charge on any atom is 0.253 e. The van der Waals surface area contributed by atoms with Crippen molar-refractivity contribution in [2.45, 2.75) is 39.5 Å². The lowest BCUT2D eigenvalue weighted by molar-refractivity contribution is -0.119. The Balaban J connectivity index is 1.80. The number of rotatable bonds is 11. The first kappa shape index (κ1) is 26.9. The highest BCUT2D eigenvalue weighted by Gasteiger charge is 2.15. The van der Waals surface area contributed by atoms with Gasteiger partial charge in [0.1, 0.15) is 5.75 Å². The number of ether oxygens (including phenoxy) is 1. The van der Waals surface area contributed by atoms with Crippen LogP contribution >= 0.6 is 35.4 Å². The average Bonchev–Trinajstić information content (AvgIpc) is 2.77. The van der Waals surface area contributed by atoms with E-state index < -0.39 is 0 Å². The molecule has 0 atom stereocenters. The highest BCUT2D eigenvalue weighted by molar-refractivity contribution is 7.80. The minimum atomic E-state index is -0.234. The fraction of sp³-hybridized carbons (Fsp3) is 0.375. The first-order valence-electron chi connectivity index (χ1n) is 10.9. The van der Waals surface area contributed by atoms with E-state index in [0.717, 1.165) is 12.8 Å². The van der Waals surface area contributed by atoms with E-state index in [0.29, 0.717) is 53.2 Å². The van der Waals surface area contributed by atoms with Gasteiger partial charge in [-0.15, -0.1) is 0 Å². The quantitative estimate of drug-likeness (QED) is 0.290.